The van der Waals surface area contributed by atoms with E-state index in [1.807, 2.05) is 26.0 Å². The van der Waals surface area contributed by atoms with E-state index in [1.165, 1.54) is 22.8 Å². The molecule has 16 heavy (non-hydrogen) atoms. The predicted molar refractivity (Wildman–Crippen MR) is 69.0 cm³/mol. The summed E-state index contributed by atoms with van der Waals surface area (Å²) >= 11 is 0. The second-order valence-corrected chi connectivity index (χ2v) is 6.28. The van der Waals surface area contributed by atoms with Gasteiger partial charge in [-0.15, -0.1) is 0 Å². The lowest BCUT2D eigenvalue weighted by molar-refractivity contribution is -0.0613. The van der Waals surface area contributed by atoms with Gasteiger partial charge in [0.05, 0.1) is 0 Å². The van der Waals surface area contributed by atoms with Gasteiger partial charge in [-0.2, -0.15) is 0 Å². The molecule has 1 aliphatic heterocycles. The first-order valence-corrected chi connectivity index (χ1v) is 7.52. The molecular formula is C13H19O2S+. The van der Waals surface area contributed by atoms with Crippen molar-refractivity contribution in [1.82, 2.24) is 0 Å². The molecule has 1 saturated heterocycles. The second-order valence-electron chi connectivity index (χ2n) is 3.95. The molecule has 0 saturated carbocycles. The summed E-state index contributed by atoms with van der Waals surface area (Å²) in [5, 5.41) is 0. The van der Waals surface area contributed by atoms with Crippen molar-refractivity contribution in [2.75, 3.05) is 18.1 Å². The summed E-state index contributed by atoms with van der Waals surface area (Å²) in [5.41, 5.74) is 1.43. The van der Waals surface area contributed by atoms with Crippen LogP contribution in [0.5, 0.6) is 5.75 Å². The molecule has 2 rings (SSSR count). The Hall–Kier alpha value is -0.670. The smallest absolute Gasteiger partial charge is 0.196 e. The van der Waals surface area contributed by atoms with Gasteiger partial charge >= 0.3 is 0 Å². The van der Waals surface area contributed by atoms with Gasteiger partial charge in [0.2, 0.25) is 0 Å². The summed E-state index contributed by atoms with van der Waals surface area (Å²) in [6.07, 6.45) is -0.166. The van der Waals surface area contributed by atoms with Gasteiger partial charge in [-0.25, -0.2) is 0 Å². The zero-order valence-corrected chi connectivity index (χ0v) is 10.8. The first-order chi connectivity index (χ1) is 7.78. The topological polar surface area (TPSA) is 18.5 Å². The maximum absolute atomic E-state index is 5.61. The molecule has 88 valence electrons. The van der Waals surface area contributed by atoms with E-state index in [4.69, 9.17) is 9.47 Å². The van der Waals surface area contributed by atoms with Gasteiger partial charge in [0.25, 0.3) is 0 Å². The third-order valence-electron chi connectivity index (χ3n) is 2.49. The van der Waals surface area contributed by atoms with Crippen molar-refractivity contribution < 1.29 is 9.47 Å². The Morgan fingerprint density at radius 2 is 1.94 bits per heavy atom. The molecule has 0 aliphatic carbocycles. The monoisotopic (exact) mass is 239 g/mol. The van der Waals surface area contributed by atoms with Gasteiger partial charge in [0, 0.05) is 23.1 Å². The number of hydrogen-bond donors (Lipinski definition) is 0. The van der Waals surface area contributed by atoms with Gasteiger partial charge in [-0.05, 0) is 26.0 Å². The summed E-state index contributed by atoms with van der Waals surface area (Å²) in [7, 11) is 0.698. The Morgan fingerprint density at radius 1 is 1.25 bits per heavy atom. The van der Waals surface area contributed by atoms with E-state index in [1.54, 1.807) is 0 Å². The summed E-state index contributed by atoms with van der Waals surface area (Å²) in [5.74, 6) is 5.00. The molecule has 0 N–H and O–H groups in total. The Kier molecular flexibility index (Phi) is 4.13. The molecule has 3 heteroatoms. The second kappa shape index (κ2) is 5.60. The van der Waals surface area contributed by atoms with Crippen LogP contribution in [0.15, 0.2) is 24.3 Å². The lowest BCUT2D eigenvalue weighted by Gasteiger charge is -2.14. The molecule has 0 aromatic heterocycles. The fourth-order valence-electron chi connectivity index (χ4n) is 1.56. The Balaban J connectivity index is 1.85. The minimum atomic E-state index is -0.166. The first kappa shape index (κ1) is 11.8. The van der Waals surface area contributed by atoms with Gasteiger partial charge in [0.1, 0.15) is 11.5 Å². The Morgan fingerprint density at radius 3 is 2.50 bits per heavy atom. The van der Waals surface area contributed by atoms with E-state index in [2.05, 4.69) is 12.1 Å². The lowest BCUT2D eigenvalue weighted by atomic mass is 10.2. The van der Waals surface area contributed by atoms with E-state index in [0.717, 1.165) is 5.75 Å². The maximum Gasteiger partial charge on any atom is 0.196 e. The zero-order valence-electron chi connectivity index (χ0n) is 9.94. The van der Waals surface area contributed by atoms with Crippen LogP contribution in [0, 0.1) is 0 Å². The van der Waals surface area contributed by atoms with Crippen molar-refractivity contribution in [3.63, 3.8) is 0 Å². The molecule has 0 spiro atoms. The van der Waals surface area contributed by atoms with Crippen LogP contribution in [0.4, 0.5) is 0 Å². The van der Waals surface area contributed by atoms with Crippen molar-refractivity contribution in [2.45, 2.75) is 25.9 Å². The molecule has 2 nitrogen and oxygen atoms in total. The molecule has 0 bridgehead atoms. The molecule has 0 amide bonds. The maximum atomic E-state index is 5.61. The number of benzene rings is 1. The van der Waals surface area contributed by atoms with Crippen LogP contribution in [-0.2, 0) is 21.4 Å². The summed E-state index contributed by atoms with van der Waals surface area (Å²) in [6, 6.07) is 8.41. The largest absolute Gasteiger partial charge is 0.465 e. The number of ether oxygens (including phenoxy) is 2. The normalized spacial score (nSPS) is 17.1. The molecule has 1 aliphatic rings. The highest BCUT2D eigenvalue weighted by molar-refractivity contribution is 8.02. The van der Waals surface area contributed by atoms with Crippen LogP contribution >= 0.6 is 0 Å². The van der Waals surface area contributed by atoms with Crippen molar-refractivity contribution in [1.29, 1.82) is 0 Å². The van der Waals surface area contributed by atoms with E-state index in [-0.39, 0.29) is 6.29 Å². The molecule has 1 heterocycles. The molecule has 1 aromatic rings. The predicted octanol–water partition coefficient (Wildman–Crippen LogP) is 2.58. The van der Waals surface area contributed by atoms with E-state index >= 15 is 0 Å². The van der Waals surface area contributed by atoms with Crippen LogP contribution in [0.25, 0.3) is 0 Å². The van der Waals surface area contributed by atoms with Crippen LogP contribution < -0.4 is 4.74 Å². The minimum absolute atomic E-state index is 0.166. The molecule has 1 atom stereocenters. The van der Waals surface area contributed by atoms with Gasteiger partial charge in [-0.1, -0.05) is 12.1 Å². The number of hydrogen-bond acceptors (Lipinski definition) is 2. The van der Waals surface area contributed by atoms with Gasteiger partial charge < -0.3 is 9.47 Å². The highest BCUT2D eigenvalue weighted by Crippen LogP contribution is 2.21. The van der Waals surface area contributed by atoms with Crippen LogP contribution in [-0.4, -0.2) is 24.4 Å². The van der Waals surface area contributed by atoms with Gasteiger partial charge in [0.15, 0.2) is 17.8 Å². The highest BCUT2D eigenvalue weighted by atomic mass is 32.2. The molecule has 1 aromatic carbocycles. The average molecular weight is 239 g/mol. The third-order valence-corrected chi connectivity index (χ3v) is 4.22. The molecule has 0 radical (unpaired) electrons. The lowest BCUT2D eigenvalue weighted by Crippen LogP contribution is -2.15. The van der Waals surface area contributed by atoms with Crippen LogP contribution in [0.2, 0.25) is 0 Å². The van der Waals surface area contributed by atoms with Crippen molar-refractivity contribution in [3.05, 3.63) is 29.8 Å². The van der Waals surface area contributed by atoms with Crippen molar-refractivity contribution >= 4 is 10.9 Å². The van der Waals surface area contributed by atoms with Crippen molar-refractivity contribution in [3.8, 4) is 5.75 Å². The Bertz CT molecular complexity index is 319. The van der Waals surface area contributed by atoms with E-state index in [0.29, 0.717) is 17.5 Å². The minimum Gasteiger partial charge on any atom is -0.465 e. The summed E-state index contributed by atoms with van der Waals surface area (Å²) in [6.45, 7) is 4.57. The number of rotatable bonds is 6. The molecule has 1 fully saturated rings. The van der Waals surface area contributed by atoms with Crippen molar-refractivity contribution in [2.24, 2.45) is 0 Å². The fourth-order valence-corrected chi connectivity index (χ4v) is 2.99. The quantitative estimate of drug-likeness (QED) is 0.431. The Labute approximate surface area is 100 Å². The van der Waals surface area contributed by atoms with E-state index < -0.39 is 0 Å². The fraction of sp³-hybridized carbons (Fsp3) is 0.538. The average Bonchev–Trinajstić information content (AvgIpc) is 3.05. The highest BCUT2D eigenvalue weighted by Gasteiger charge is 2.33. The third kappa shape index (κ3) is 3.72. The van der Waals surface area contributed by atoms with Crippen LogP contribution in [0.3, 0.4) is 0 Å². The zero-order chi connectivity index (χ0) is 11.4. The SMILES string of the molecule is CCOC(C)Oc1ccc(C[S+]2CC2)cc1. The molecule has 1 unspecified atom stereocenters. The van der Waals surface area contributed by atoms with E-state index in [9.17, 15) is 0 Å². The summed E-state index contributed by atoms with van der Waals surface area (Å²) < 4.78 is 10.9. The van der Waals surface area contributed by atoms with Gasteiger partial charge in [-0.3, -0.25) is 0 Å². The first-order valence-electron chi connectivity index (χ1n) is 5.79. The standard InChI is InChI=1S/C13H19O2S/c1-3-14-11(2)15-13-6-4-12(5-7-13)10-16-8-9-16/h4-7,11H,3,8-10H2,1-2H3/q+1. The molecular weight excluding hydrogens is 220 g/mol. The summed E-state index contributed by atoms with van der Waals surface area (Å²) in [4.78, 5) is 0. The van der Waals surface area contributed by atoms with Crippen LogP contribution in [0.1, 0.15) is 19.4 Å².